The first kappa shape index (κ1) is 18.6. The van der Waals surface area contributed by atoms with Gasteiger partial charge in [0.05, 0.1) is 0 Å². The second-order valence-electron chi connectivity index (χ2n) is 7.87. The molecule has 5 rings (SSSR count). The van der Waals surface area contributed by atoms with Gasteiger partial charge >= 0.3 is 0 Å². The van der Waals surface area contributed by atoms with Crippen LogP contribution in [0.4, 0.5) is 4.39 Å². The monoisotopic (exact) mass is 398 g/mol. The standard InChI is InChI=1S/C25H23FN4/c1-16-11-19-12-17(5-7-23(19)29-16)13-21-9-10-27-25(30-21)4-2-3-18-15-28-24-8-6-20(26)14-22(18)24/h5-12,14-15,28-29H,2-4,13H2,1H3. The van der Waals surface area contributed by atoms with Crippen molar-refractivity contribution in [3.05, 3.63) is 95.1 Å². The molecule has 3 aromatic heterocycles. The van der Waals surface area contributed by atoms with Gasteiger partial charge in [-0.05, 0) is 78.7 Å². The first-order chi connectivity index (χ1) is 14.6. The second-order valence-corrected chi connectivity index (χ2v) is 7.87. The van der Waals surface area contributed by atoms with E-state index in [2.05, 4.69) is 46.1 Å². The van der Waals surface area contributed by atoms with Crippen LogP contribution in [0.5, 0.6) is 0 Å². The normalized spacial score (nSPS) is 11.5. The summed E-state index contributed by atoms with van der Waals surface area (Å²) < 4.78 is 13.6. The molecule has 0 saturated carbocycles. The summed E-state index contributed by atoms with van der Waals surface area (Å²) in [6.45, 7) is 2.07. The van der Waals surface area contributed by atoms with Crippen LogP contribution in [0.25, 0.3) is 21.8 Å². The lowest BCUT2D eigenvalue weighted by atomic mass is 10.1. The molecular weight excluding hydrogens is 375 g/mol. The summed E-state index contributed by atoms with van der Waals surface area (Å²) >= 11 is 0. The van der Waals surface area contributed by atoms with E-state index in [0.717, 1.165) is 59.2 Å². The Kier molecular flexibility index (Phi) is 4.79. The topological polar surface area (TPSA) is 57.4 Å². The van der Waals surface area contributed by atoms with Gasteiger partial charge in [0.2, 0.25) is 0 Å². The molecule has 0 aliphatic rings. The fourth-order valence-electron chi connectivity index (χ4n) is 4.10. The molecular formula is C25H23FN4. The van der Waals surface area contributed by atoms with Gasteiger partial charge in [0.15, 0.2) is 0 Å². The van der Waals surface area contributed by atoms with E-state index in [1.807, 2.05) is 18.5 Å². The van der Waals surface area contributed by atoms with Crippen molar-refractivity contribution in [1.29, 1.82) is 0 Å². The molecule has 30 heavy (non-hydrogen) atoms. The third-order valence-electron chi connectivity index (χ3n) is 5.54. The van der Waals surface area contributed by atoms with Crippen LogP contribution < -0.4 is 0 Å². The maximum Gasteiger partial charge on any atom is 0.128 e. The van der Waals surface area contributed by atoms with Crippen LogP contribution in [0.15, 0.2) is 60.9 Å². The number of aromatic amines is 2. The van der Waals surface area contributed by atoms with Crippen molar-refractivity contribution in [3.63, 3.8) is 0 Å². The molecule has 0 spiro atoms. The molecule has 0 amide bonds. The number of fused-ring (bicyclic) bond motifs is 2. The molecule has 5 heteroatoms. The molecule has 3 heterocycles. The maximum atomic E-state index is 13.6. The predicted octanol–water partition coefficient (Wildman–Crippen LogP) is 5.65. The summed E-state index contributed by atoms with van der Waals surface area (Å²) in [6, 6.07) is 15.5. The van der Waals surface area contributed by atoms with Gasteiger partial charge in [-0.25, -0.2) is 14.4 Å². The summed E-state index contributed by atoms with van der Waals surface area (Å²) in [5.41, 5.74) is 6.71. The summed E-state index contributed by atoms with van der Waals surface area (Å²) in [7, 11) is 0. The Bertz CT molecular complexity index is 1330. The zero-order valence-electron chi connectivity index (χ0n) is 16.9. The van der Waals surface area contributed by atoms with Crippen molar-refractivity contribution < 1.29 is 4.39 Å². The van der Waals surface area contributed by atoms with Gasteiger partial charge < -0.3 is 9.97 Å². The highest BCUT2D eigenvalue weighted by Crippen LogP contribution is 2.21. The predicted molar refractivity (Wildman–Crippen MR) is 118 cm³/mol. The number of hydrogen-bond acceptors (Lipinski definition) is 2. The first-order valence-corrected chi connectivity index (χ1v) is 10.3. The average molecular weight is 398 g/mol. The Morgan fingerprint density at radius 3 is 2.80 bits per heavy atom. The van der Waals surface area contributed by atoms with Crippen molar-refractivity contribution in [2.75, 3.05) is 0 Å². The summed E-state index contributed by atoms with van der Waals surface area (Å²) in [4.78, 5) is 15.8. The van der Waals surface area contributed by atoms with Crippen LogP contribution in [0.1, 0.15) is 34.8 Å². The lowest BCUT2D eigenvalue weighted by Crippen LogP contribution is -2.01. The number of nitrogens with one attached hydrogen (secondary N) is 2. The summed E-state index contributed by atoms with van der Waals surface area (Å²) in [5, 5.41) is 2.19. The first-order valence-electron chi connectivity index (χ1n) is 10.3. The molecule has 0 saturated heterocycles. The van der Waals surface area contributed by atoms with E-state index in [4.69, 9.17) is 4.98 Å². The second kappa shape index (κ2) is 7.75. The molecule has 150 valence electrons. The Balaban J connectivity index is 1.25. The SMILES string of the molecule is Cc1cc2cc(Cc3ccnc(CCCc4c[nH]c5ccc(F)cc45)n3)ccc2[nH]1. The van der Waals surface area contributed by atoms with Crippen LogP contribution in [0.2, 0.25) is 0 Å². The Hall–Kier alpha value is -3.47. The van der Waals surface area contributed by atoms with Crippen LogP contribution in [-0.2, 0) is 19.3 Å². The third-order valence-corrected chi connectivity index (χ3v) is 5.54. The minimum atomic E-state index is -0.202. The number of halogens is 1. The number of hydrogen-bond donors (Lipinski definition) is 2. The number of rotatable bonds is 6. The molecule has 0 bridgehead atoms. The van der Waals surface area contributed by atoms with Gasteiger partial charge in [0.1, 0.15) is 11.6 Å². The number of aromatic nitrogens is 4. The number of H-pyrrole nitrogens is 2. The zero-order valence-corrected chi connectivity index (χ0v) is 16.9. The van der Waals surface area contributed by atoms with E-state index in [1.165, 1.54) is 22.7 Å². The van der Waals surface area contributed by atoms with Crippen molar-refractivity contribution >= 4 is 21.8 Å². The van der Waals surface area contributed by atoms with Gasteiger partial charge in [0.25, 0.3) is 0 Å². The van der Waals surface area contributed by atoms with E-state index in [9.17, 15) is 4.39 Å². The Morgan fingerprint density at radius 1 is 0.967 bits per heavy atom. The molecule has 0 aliphatic carbocycles. The molecule has 0 unspecified atom stereocenters. The zero-order chi connectivity index (χ0) is 20.5. The minimum Gasteiger partial charge on any atom is -0.361 e. The third kappa shape index (κ3) is 3.83. The van der Waals surface area contributed by atoms with E-state index in [-0.39, 0.29) is 5.82 Å². The fourth-order valence-corrected chi connectivity index (χ4v) is 4.10. The molecule has 2 aromatic carbocycles. The fraction of sp³-hybridized carbons (Fsp3) is 0.200. The largest absolute Gasteiger partial charge is 0.361 e. The minimum absolute atomic E-state index is 0.202. The van der Waals surface area contributed by atoms with E-state index < -0.39 is 0 Å². The highest BCUT2D eigenvalue weighted by atomic mass is 19.1. The van der Waals surface area contributed by atoms with E-state index in [1.54, 1.807) is 12.1 Å². The van der Waals surface area contributed by atoms with Crippen molar-refractivity contribution in [2.24, 2.45) is 0 Å². The molecule has 0 fully saturated rings. The molecule has 0 radical (unpaired) electrons. The van der Waals surface area contributed by atoms with Crippen LogP contribution in [0.3, 0.4) is 0 Å². The lowest BCUT2D eigenvalue weighted by molar-refractivity contribution is 0.629. The van der Waals surface area contributed by atoms with Crippen molar-refractivity contribution in [1.82, 2.24) is 19.9 Å². The quantitative estimate of drug-likeness (QED) is 0.388. The van der Waals surface area contributed by atoms with Gasteiger partial charge in [-0.15, -0.1) is 0 Å². The molecule has 0 atom stereocenters. The van der Waals surface area contributed by atoms with Gasteiger partial charge in [-0.3, -0.25) is 0 Å². The Morgan fingerprint density at radius 2 is 1.87 bits per heavy atom. The molecule has 5 aromatic rings. The van der Waals surface area contributed by atoms with Crippen LogP contribution in [-0.4, -0.2) is 19.9 Å². The number of nitrogens with zero attached hydrogens (tertiary/aromatic N) is 2. The van der Waals surface area contributed by atoms with Gasteiger partial charge in [0, 0.05) is 53.0 Å². The van der Waals surface area contributed by atoms with Crippen LogP contribution in [0, 0.1) is 12.7 Å². The number of benzene rings is 2. The van der Waals surface area contributed by atoms with Crippen LogP contribution >= 0.6 is 0 Å². The van der Waals surface area contributed by atoms with Crippen molar-refractivity contribution in [2.45, 2.75) is 32.6 Å². The lowest BCUT2D eigenvalue weighted by Gasteiger charge is -2.05. The highest BCUT2D eigenvalue weighted by Gasteiger charge is 2.07. The highest BCUT2D eigenvalue weighted by molar-refractivity contribution is 5.83. The molecule has 4 nitrogen and oxygen atoms in total. The van der Waals surface area contributed by atoms with Crippen molar-refractivity contribution in [3.8, 4) is 0 Å². The van der Waals surface area contributed by atoms with E-state index >= 15 is 0 Å². The number of aryl methyl sites for hydroxylation is 3. The van der Waals surface area contributed by atoms with E-state index in [0.29, 0.717) is 0 Å². The smallest absolute Gasteiger partial charge is 0.128 e. The average Bonchev–Trinajstić information content (AvgIpc) is 3.30. The molecule has 0 aliphatic heterocycles. The van der Waals surface area contributed by atoms with Gasteiger partial charge in [-0.2, -0.15) is 0 Å². The Labute approximate surface area is 174 Å². The van der Waals surface area contributed by atoms with Gasteiger partial charge in [-0.1, -0.05) is 6.07 Å². The molecule has 2 N–H and O–H groups in total. The maximum absolute atomic E-state index is 13.6. The summed E-state index contributed by atoms with van der Waals surface area (Å²) in [5.74, 6) is 0.657. The summed E-state index contributed by atoms with van der Waals surface area (Å²) in [6.07, 6.45) is 7.18.